The molecule has 0 spiro atoms. The predicted octanol–water partition coefficient (Wildman–Crippen LogP) is 21.4. The number of pyridine rings is 3. The van der Waals surface area contributed by atoms with Crippen LogP contribution in [0.25, 0.3) is 133 Å². The smallest absolute Gasteiger partial charge is 0.0970 e. The van der Waals surface area contributed by atoms with E-state index in [0.29, 0.717) is 7.61 Å². The van der Waals surface area contributed by atoms with Gasteiger partial charge in [-0.3, -0.25) is 9.97 Å². The molecule has 1 unspecified atom stereocenters. The van der Waals surface area contributed by atoms with Gasteiger partial charge >= 0.3 is 0 Å². The number of aromatic nitrogens is 5. The van der Waals surface area contributed by atoms with Crippen LogP contribution in [0.2, 0.25) is 0 Å². The number of benzene rings is 11. The molecule has 0 N–H and O–H groups in total. The summed E-state index contributed by atoms with van der Waals surface area (Å²) in [6.45, 7) is 4.39. The van der Waals surface area contributed by atoms with Gasteiger partial charge in [0, 0.05) is 82.4 Å². The Morgan fingerprint density at radius 2 is 0.713 bits per heavy atom. The fourth-order valence-corrected chi connectivity index (χ4v) is 11.5. The van der Waals surface area contributed by atoms with Crippen LogP contribution in [0.1, 0.15) is 0 Å². The fourth-order valence-electron chi connectivity index (χ4n) is 11.5. The van der Waals surface area contributed by atoms with Crippen LogP contribution in [0.4, 0.5) is 0 Å². The molecule has 0 fully saturated rings. The van der Waals surface area contributed by atoms with Crippen molar-refractivity contribution in [1.82, 2.24) is 24.1 Å². The van der Waals surface area contributed by atoms with Gasteiger partial charge in [-0.1, -0.05) is 202 Å². The number of hydrogen-bond donors (Lipinski definition) is 0. The van der Waals surface area contributed by atoms with Crippen LogP contribution in [-0.4, -0.2) is 37.4 Å². The van der Waals surface area contributed by atoms with Crippen molar-refractivity contribution in [3.8, 4) is 67.1 Å². The van der Waals surface area contributed by atoms with E-state index in [0.717, 1.165) is 33.1 Å². The summed E-state index contributed by atoms with van der Waals surface area (Å²) >= 11 is 0. The van der Waals surface area contributed by atoms with Crippen LogP contribution in [-0.2, 0) is 20.1 Å². The average molecular weight is 1330 g/mol. The molecule has 0 aliphatic heterocycles. The Bertz CT molecular complexity index is 4630. The molecule has 1 radical (unpaired) electrons. The van der Waals surface area contributed by atoms with Gasteiger partial charge in [0.05, 0.1) is 33.1 Å². The second kappa shape index (κ2) is 26.8. The van der Waals surface area contributed by atoms with Crippen LogP contribution in [0.3, 0.4) is 0 Å². The third-order valence-corrected chi connectivity index (χ3v) is 15.4. The molecule has 16 rings (SSSR count). The van der Waals surface area contributed by atoms with Gasteiger partial charge in [0.1, 0.15) is 0 Å². The molecule has 5 nitrogen and oxygen atoms in total. The number of para-hydroxylation sites is 4. The summed E-state index contributed by atoms with van der Waals surface area (Å²) in [5.41, 5.74) is 20.8. The normalized spacial score (nSPS) is 10.9. The first-order valence-corrected chi connectivity index (χ1v) is 32.7. The third kappa shape index (κ3) is 12.3. The molecule has 87 heavy (non-hydrogen) atoms. The standard InChI is InChI=1S/C42H28N2.C24H16N2.C11H8N.C2H8P2.Ir/c1-3-11-33(12-4-1)43-39-17-9-7-15-35(39)37-27-31(23-25-41(37)43)29-19-21-30(22-20-29)32-24-26-42-38(28-32)36-16-8-10-18-40(36)44(42)34-13-5-2-6-14-34;1-3-7-17(8-4-1)19-13-15-25-23-21(19)11-12-22-20(14-16-26-24(22)23)18-9-5-2-6-10-18;1-2-6-10(7-3-1)11-8-4-5-9-12-11;1-4(2)3;/h1-28H;1-16H;1-6,8-9H;3H2,1-2H3;/q;;-1;;. The first-order valence-electron chi connectivity index (χ1n) is 28.8. The minimum atomic E-state index is 0. The van der Waals surface area contributed by atoms with Gasteiger partial charge in [0.25, 0.3) is 0 Å². The summed E-state index contributed by atoms with van der Waals surface area (Å²) < 4.78 is 4.73. The predicted molar refractivity (Wildman–Crippen MR) is 371 cm³/mol. The van der Waals surface area contributed by atoms with Gasteiger partial charge in [0.15, 0.2) is 0 Å². The van der Waals surface area contributed by atoms with Crippen LogP contribution in [0.5, 0.6) is 0 Å². The van der Waals surface area contributed by atoms with Crippen LogP contribution in [0, 0.1) is 6.07 Å². The Balaban J connectivity index is 0.000000144. The average Bonchev–Trinajstić information content (AvgIpc) is 1.79. The number of hydrogen-bond acceptors (Lipinski definition) is 3. The van der Waals surface area contributed by atoms with Crippen LogP contribution < -0.4 is 0 Å². The number of nitrogens with zero attached hydrogens (tertiary/aromatic N) is 5. The van der Waals surface area contributed by atoms with Crippen molar-refractivity contribution in [2.24, 2.45) is 0 Å². The van der Waals surface area contributed by atoms with Crippen molar-refractivity contribution in [3.63, 3.8) is 0 Å². The van der Waals surface area contributed by atoms with Gasteiger partial charge in [-0.05, 0) is 142 Å². The van der Waals surface area contributed by atoms with E-state index in [1.54, 1.807) is 6.20 Å². The second-order valence-corrected chi connectivity index (χ2v) is 26.2. The van der Waals surface area contributed by atoms with Gasteiger partial charge in [-0.15, -0.1) is 44.8 Å². The minimum Gasteiger partial charge on any atom is -0.309 e. The fraction of sp³-hybridized carbons (Fsp3) is 0.0253. The Morgan fingerprint density at radius 1 is 0.322 bits per heavy atom. The molecule has 0 saturated heterocycles. The molecule has 0 saturated carbocycles. The van der Waals surface area contributed by atoms with Crippen molar-refractivity contribution in [2.75, 3.05) is 13.3 Å². The third-order valence-electron chi connectivity index (χ3n) is 15.4. The zero-order valence-corrected chi connectivity index (χ0v) is 52.6. The van der Waals surface area contributed by atoms with Crippen LogP contribution in [0.15, 0.2) is 316 Å². The van der Waals surface area contributed by atoms with E-state index in [1.807, 2.05) is 67.0 Å². The quantitative estimate of drug-likeness (QED) is 0.0908. The molecule has 0 aliphatic carbocycles. The zero-order valence-electron chi connectivity index (χ0n) is 48.1. The molecule has 5 aromatic heterocycles. The van der Waals surface area contributed by atoms with E-state index in [2.05, 4.69) is 295 Å². The van der Waals surface area contributed by atoms with Gasteiger partial charge in [-0.25, -0.2) is 0 Å². The SMILES string of the molecule is CP(C)P.[Ir].[c-]1ccccc1-c1ccccn1.c1ccc(-c2ccnc3c2ccc2c(-c4ccccc4)ccnc23)cc1.c1ccc(-n2c3ccccc3c3cc(-c4ccc(-c5ccc6c(c5)c5ccccc5n6-c5ccccc5)cc4)ccc32)cc1. The summed E-state index contributed by atoms with van der Waals surface area (Å²) in [5.74, 6) is 0. The van der Waals surface area contributed by atoms with E-state index in [1.165, 1.54) is 99.5 Å². The summed E-state index contributed by atoms with van der Waals surface area (Å²) in [5, 5.41) is 7.34. The van der Waals surface area contributed by atoms with Crippen LogP contribution >= 0.6 is 16.5 Å². The summed E-state index contributed by atoms with van der Waals surface area (Å²) in [6, 6.07) is 108. The van der Waals surface area contributed by atoms with E-state index in [9.17, 15) is 0 Å². The molecule has 0 aliphatic rings. The Labute approximate surface area is 524 Å². The molecule has 421 valence electrons. The number of fused-ring (bicyclic) bond motifs is 9. The Morgan fingerprint density at radius 3 is 1.14 bits per heavy atom. The summed E-state index contributed by atoms with van der Waals surface area (Å²) in [7, 11) is 3.02. The van der Waals surface area contributed by atoms with Crippen molar-refractivity contribution < 1.29 is 20.1 Å². The second-order valence-electron chi connectivity index (χ2n) is 21.2. The van der Waals surface area contributed by atoms with Crippen molar-refractivity contribution in [1.29, 1.82) is 0 Å². The summed E-state index contributed by atoms with van der Waals surface area (Å²) in [6.07, 6.45) is 5.54. The molecular formula is C79H60IrN5P2-. The largest absolute Gasteiger partial charge is 0.309 e. The van der Waals surface area contributed by atoms with Gasteiger partial charge < -0.3 is 14.1 Å². The first-order chi connectivity index (χ1) is 42.4. The Hall–Kier alpha value is -9.50. The van der Waals surface area contributed by atoms with Crippen molar-refractivity contribution in [2.45, 2.75) is 0 Å². The molecule has 0 bridgehead atoms. The van der Waals surface area contributed by atoms with E-state index >= 15 is 0 Å². The van der Waals surface area contributed by atoms with Gasteiger partial charge in [-0.2, -0.15) is 0 Å². The topological polar surface area (TPSA) is 48.5 Å². The molecule has 1 atom stereocenters. The monoisotopic (exact) mass is 1330 g/mol. The molecular weight excluding hydrogens is 1270 g/mol. The van der Waals surface area contributed by atoms with Crippen molar-refractivity contribution in [3.05, 3.63) is 322 Å². The summed E-state index contributed by atoms with van der Waals surface area (Å²) in [4.78, 5) is 13.6. The van der Waals surface area contributed by atoms with Crippen molar-refractivity contribution >= 4 is 82.0 Å². The number of rotatable bonds is 7. The van der Waals surface area contributed by atoms with Gasteiger partial charge in [0.2, 0.25) is 0 Å². The molecule has 8 heteroatoms. The maximum absolute atomic E-state index is 4.67. The molecule has 11 aromatic carbocycles. The maximum Gasteiger partial charge on any atom is 0.0970 e. The molecule has 5 heterocycles. The molecule has 16 aromatic rings. The maximum atomic E-state index is 4.67. The van der Waals surface area contributed by atoms with E-state index < -0.39 is 0 Å². The minimum absolute atomic E-state index is 0. The Kier molecular flexibility index (Phi) is 17.9. The first kappa shape index (κ1) is 57.9. The molecule has 0 amide bonds. The van der Waals surface area contributed by atoms with E-state index in [-0.39, 0.29) is 20.1 Å². The van der Waals surface area contributed by atoms with E-state index in [4.69, 9.17) is 0 Å². The zero-order chi connectivity index (χ0) is 58.2.